The Labute approximate surface area is 77.6 Å². The monoisotopic (exact) mass is 200 g/mol. The van der Waals surface area contributed by atoms with Gasteiger partial charge in [0.05, 0.1) is 6.16 Å². The molecule has 0 saturated carbocycles. The van der Waals surface area contributed by atoms with Crippen molar-refractivity contribution >= 4 is 7.60 Å². The minimum Gasteiger partial charge on any atom is -0.324 e. The third kappa shape index (κ3) is 3.31. The van der Waals surface area contributed by atoms with Gasteiger partial charge < -0.3 is 9.79 Å². The van der Waals surface area contributed by atoms with Crippen molar-refractivity contribution in [2.24, 2.45) is 0 Å². The van der Waals surface area contributed by atoms with Gasteiger partial charge >= 0.3 is 7.60 Å². The quantitative estimate of drug-likeness (QED) is 0.717. The summed E-state index contributed by atoms with van der Waals surface area (Å²) in [6, 6.07) is 5.62. The lowest BCUT2D eigenvalue weighted by molar-refractivity contribution is 0.371. The summed E-state index contributed by atoms with van der Waals surface area (Å²) in [5, 5.41) is 0. The maximum absolute atomic E-state index is 10.8. The summed E-state index contributed by atoms with van der Waals surface area (Å²) in [5.74, 6) is 0. The van der Waals surface area contributed by atoms with Crippen molar-refractivity contribution in [2.75, 3.05) is 0 Å². The highest BCUT2D eigenvalue weighted by Gasteiger charge is 2.15. The molecule has 0 radical (unpaired) electrons. The van der Waals surface area contributed by atoms with Gasteiger partial charge in [-0.1, -0.05) is 23.8 Å². The highest BCUT2D eigenvalue weighted by molar-refractivity contribution is 7.50. The predicted octanol–water partition coefficient (Wildman–Crippen LogP) is 1.98. The van der Waals surface area contributed by atoms with E-state index in [1.54, 1.807) is 0 Å². The second kappa shape index (κ2) is 3.62. The SMILES string of the molecule is Cc1ccc(C)c(CP(=O)(O)O)c1. The van der Waals surface area contributed by atoms with Crippen LogP contribution in [0.2, 0.25) is 0 Å². The van der Waals surface area contributed by atoms with Crippen molar-refractivity contribution < 1.29 is 14.4 Å². The van der Waals surface area contributed by atoms with Gasteiger partial charge in [-0.3, -0.25) is 4.57 Å². The zero-order valence-electron chi connectivity index (χ0n) is 7.69. The molecular weight excluding hydrogens is 187 g/mol. The van der Waals surface area contributed by atoms with Crippen LogP contribution in [-0.2, 0) is 10.7 Å². The van der Waals surface area contributed by atoms with Gasteiger partial charge in [0.15, 0.2) is 0 Å². The number of hydrogen-bond donors (Lipinski definition) is 2. The summed E-state index contributed by atoms with van der Waals surface area (Å²) in [4.78, 5) is 17.6. The highest BCUT2D eigenvalue weighted by Crippen LogP contribution is 2.39. The van der Waals surface area contributed by atoms with Crippen LogP contribution in [-0.4, -0.2) is 9.79 Å². The lowest BCUT2D eigenvalue weighted by Gasteiger charge is -2.07. The highest BCUT2D eigenvalue weighted by atomic mass is 31.2. The maximum Gasteiger partial charge on any atom is 0.329 e. The summed E-state index contributed by atoms with van der Waals surface area (Å²) >= 11 is 0. The zero-order chi connectivity index (χ0) is 10.1. The molecule has 3 nitrogen and oxygen atoms in total. The molecular formula is C9H13O3P. The molecule has 1 aromatic rings. The zero-order valence-corrected chi connectivity index (χ0v) is 8.58. The first kappa shape index (κ1) is 10.5. The second-order valence-electron chi connectivity index (χ2n) is 3.25. The van der Waals surface area contributed by atoms with Gasteiger partial charge in [0, 0.05) is 0 Å². The molecule has 13 heavy (non-hydrogen) atoms. The molecule has 0 aliphatic carbocycles. The minimum atomic E-state index is -3.93. The van der Waals surface area contributed by atoms with Gasteiger partial charge in [-0.05, 0) is 25.0 Å². The average molecular weight is 200 g/mol. The molecule has 0 atom stereocenters. The van der Waals surface area contributed by atoms with Crippen LogP contribution in [0.4, 0.5) is 0 Å². The fourth-order valence-electron chi connectivity index (χ4n) is 1.19. The third-order valence-corrected chi connectivity index (χ3v) is 2.63. The van der Waals surface area contributed by atoms with Gasteiger partial charge in [-0.15, -0.1) is 0 Å². The molecule has 1 rings (SSSR count). The van der Waals surface area contributed by atoms with Gasteiger partial charge in [0.25, 0.3) is 0 Å². The molecule has 0 aliphatic rings. The van der Waals surface area contributed by atoms with E-state index in [9.17, 15) is 4.57 Å². The van der Waals surface area contributed by atoms with Crippen LogP contribution in [0, 0.1) is 13.8 Å². The largest absolute Gasteiger partial charge is 0.329 e. The van der Waals surface area contributed by atoms with Gasteiger partial charge in [-0.25, -0.2) is 0 Å². The van der Waals surface area contributed by atoms with Gasteiger partial charge in [-0.2, -0.15) is 0 Å². The molecule has 0 heterocycles. The summed E-state index contributed by atoms with van der Waals surface area (Å²) in [6.45, 7) is 3.76. The molecule has 0 fully saturated rings. The molecule has 2 N–H and O–H groups in total. The lowest BCUT2D eigenvalue weighted by Crippen LogP contribution is -1.91. The maximum atomic E-state index is 10.8. The van der Waals surface area contributed by atoms with Crippen molar-refractivity contribution in [2.45, 2.75) is 20.0 Å². The topological polar surface area (TPSA) is 57.5 Å². The Bertz CT molecular complexity index is 354. The van der Waals surface area contributed by atoms with E-state index in [1.807, 2.05) is 32.0 Å². The fraction of sp³-hybridized carbons (Fsp3) is 0.333. The predicted molar refractivity (Wildman–Crippen MR) is 51.7 cm³/mol. The Morgan fingerprint density at radius 2 is 1.92 bits per heavy atom. The van der Waals surface area contributed by atoms with E-state index < -0.39 is 7.60 Å². The second-order valence-corrected chi connectivity index (χ2v) is 4.90. The summed E-state index contributed by atoms with van der Waals surface area (Å²) in [6.07, 6.45) is -0.166. The van der Waals surface area contributed by atoms with Crippen molar-refractivity contribution in [3.63, 3.8) is 0 Å². The van der Waals surface area contributed by atoms with Crippen LogP contribution in [0.3, 0.4) is 0 Å². The van der Waals surface area contributed by atoms with Crippen molar-refractivity contribution in [3.8, 4) is 0 Å². The molecule has 4 heteroatoms. The van der Waals surface area contributed by atoms with E-state index in [-0.39, 0.29) is 6.16 Å². The molecule has 0 unspecified atom stereocenters. The Morgan fingerprint density at radius 1 is 1.31 bits per heavy atom. The molecule has 72 valence electrons. The minimum absolute atomic E-state index is 0.166. The van der Waals surface area contributed by atoms with Gasteiger partial charge in [0.1, 0.15) is 0 Å². The van der Waals surface area contributed by atoms with E-state index in [0.717, 1.165) is 16.7 Å². The van der Waals surface area contributed by atoms with Crippen LogP contribution in [0.1, 0.15) is 16.7 Å². The number of hydrogen-bond acceptors (Lipinski definition) is 1. The van der Waals surface area contributed by atoms with Crippen molar-refractivity contribution in [3.05, 3.63) is 34.9 Å². The smallest absolute Gasteiger partial charge is 0.324 e. The normalized spacial score (nSPS) is 11.7. The molecule has 1 aromatic carbocycles. The van der Waals surface area contributed by atoms with Crippen molar-refractivity contribution in [1.29, 1.82) is 0 Å². The molecule has 0 bridgehead atoms. The number of rotatable bonds is 2. The molecule has 0 saturated heterocycles. The first-order chi connectivity index (χ1) is 5.88. The van der Waals surface area contributed by atoms with Gasteiger partial charge in [0.2, 0.25) is 0 Å². The molecule has 0 amide bonds. The average Bonchev–Trinajstić information content (AvgIpc) is 1.94. The van der Waals surface area contributed by atoms with Crippen LogP contribution in [0.5, 0.6) is 0 Å². The van der Waals surface area contributed by atoms with E-state index in [4.69, 9.17) is 9.79 Å². The van der Waals surface area contributed by atoms with E-state index >= 15 is 0 Å². The summed E-state index contributed by atoms with van der Waals surface area (Å²) < 4.78 is 10.8. The Hall–Kier alpha value is -0.630. The van der Waals surface area contributed by atoms with E-state index in [0.29, 0.717) is 0 Å². The van der Waals surface area contributed by atoms with Crippen LogP contribution in [0.25, 0.3) is 0 Å². The van der Waals surface area contributed by atoms with Crippen LogP contribution in [0.15, 0.2) is 18.2 Å². The Morgan fingerprint density at radius 3 is 2.46 bits per heavy atom. The number of benzene rings is 1. The molecule has 0 spiro atoms. The van der Waals surface area contributed by atoms with E-state index in [2.05, 4.69) is 0 Å². The van der Waals surface area contributed by atoms with Crippen LogP contribution < -0.4 is 0 Å². The first-order valence-electron chi connectivity index (χ1n) is 3.99. The first-order valence-corrected chi connectivity index (χ1v) is 5.79. The molecule has 0 aromatic heterocycles. The summed E-state index contributed by atoms with van der Waals surface area (Å²) in [7, 11) is -3.93. The Balaban J connectivity index is 3.01. The third-order valence-electron chi connectivity index (χ3n) is 1.88. The Kier molecular flexibility index (Phi) is 2.91. The standard InChI is InChI=1S/C9H13O3P/c1-7-3-4-8(2)9(5-7)6-13(10,11)12/h3-5H,6H2,1-2H3,(H2,10,11,12). The summed E-state index contributed by atoms with van der Waals surface area (Å²) in [5.41, 5.74) is 2.68. The lowest BCUT2D eigenvalue weighted by atomic mass is 10.1. The fourth-order valence-corrected chi connectivity index (χ4v) is 1.98. The van der Waals surface area contributed by atoms with E-state index in [1.165, 1.54) is 0 Å². The van der Waals surface area contributed by atoms with Crippen molar-refractivity contribution in [1.82, 2.24) is 0 Å². The number of aryl methyl sites for hydroxylation is 2. The molecule has 0 aliphatic heterocycles. The van der Waals surface area contributed by atoms with Crippen LogP contribution >= 0.6 is 7.60 Å².